The number of aliphatic carboxylic acids is 1. The largest absolute Gasteiger partial charge is 0.481 e. The summed E-state index contributed by atoms with van der Waals surface area (Å²) in [4.78, 5) is 9.98. The first-order valence-electron chi connectivity index (χ1n) is 7.91. The molecule has 0 amide bonds. The second-order valence-electron chi connectivity index (χ2n) is 6.10. The smallest absolute Gasteiger partial charge is 0.416 e. The molecule has 1 atom stereocenters. The molecule has 0 fully saturated rings. The first-order valence-corrected chi connectivity index (χ1v) is 9.35. The standard InChI is InChI=1S/C16H22F3NO5S/c1-11(21)10-20(2)26(24,25)14-8-12(5-3-4-6-15(22)23)7-13(9-14)16(17,18)19/h7-9,11,21H,3-6,10H2,1-2H3,(H,22,23)/t11-/m0/s1. The van der Waals surface area contributed by atoms with Gasteiger partial charge in [0.2, 0.25) is 10.0 Å². The number of aliphatic hydroxyl groups excluding tert-OH is 1. The van der Waals surface area contributed by atoms with E-state index in [1.807, 2.05) is 0 Å². The SMILES string of the molecule is C[C@H](O)CN(C)S(=O)(=O)c1cc(CCCCC(=O)O)cc(C(F)(F)F)c1. The maximum atomic E-state index is 13.1. The number of aryl methyl sites for hydroxylation is 1. The van der Waals surface area contributed by atoms with E-state index in [0.29, 0.717) is 12.5 Å². The van der Waals surface area contributed by atoms with E-state index >= 15 is 0 Å². The van der Waals surface area contributed by atoms with Gasteiger partial charge in [-0.3, -0.25) is 4.79 Å². The Hall–Kier alpha value is -1.65. The van der Waals surface area contributed by atoms with Crippen molar-refractivity contribution < 1.29 is 36.6 Å². The van der Waals surface area contributed by atoms with E-state index in [4.69, 9.17) is 5.11 Å². The van der Waals surface area contributed by atoms with Crippen molar-refractivity contribution in [1.29, 1.82) is 0 Å². The highest BCUT2D eigenvalue weighted by Crippen LogP contribution is 2.32. The summed E-state index contributed by atoms with van der Waals surface area (Å²) < 4.78 is 65.1. The van der Waals surface area contributed by atoms with Gasteiger partial charge in [0.1, 0.15) is 0 Å². The topological polar surface area (TPSA) is 94.9 Å². The fourth-order valence-electron chi connectivity index (χ4n) is 2.37. The first kappa shape index (κ1) is 22.4. The van der Waals surface area contributed by atoms with Gasteiger partial charge in [-0.05, 0) is 49.9 Å². The molecule has 2 N–H and O–H groups in total. The van der Waals surface area contributed by atoms with Crippen molar-refractivity contribution in [3.63, 3.8) is 0 Å². The summed E-state index contributed by atoms with van der Waals surface area (Å²) in [6.45, 7) is 1.11. The molecule has 1 rings (SSSR count). The number of carboxylic acid groups (broad SMARTS) is 1. The maximum absolute atomic E-state index is 13.1. The Labute approximate surface area is 150 Å². The van der Waals surface area contributed by atoms with Crippen LogP contribution in [0, 0.1) is 0 Å². The van der Waals surface area contributed by atoms with Gasteiger partial charge in [0.05, 0.1) is 16.6 Å². The third-order valence-corrected chi connectivity index (χ3v) is 5.43. The zero-order valence-corrected chi connectivity index (χ0v) is 15.3. The molecule has 0 radical (unpaired) electrons. The van der Waals surface area contributed by atoms with Crippen LogP contribution in [0.2, 0.25) is 0 Å². The number of rotatable bonds is 9. The number of hydrogen-bond donors (Lipinski definition) is 2. The lowest BCUT2D eigenvalue weighted by atomic mass is 10.0. The second kappa shape index (κ2) is 8.83. The van der Waals surface area contributed by atoms with Crippen LogP contribution in [-0.2, 0) is 27.4 Å². The molecule has 1 aromatic rings. The Morgan fingerprint density at radius 3 is 2.35 bits per heavy atom. The molecule has 26 heavy (non-hydrogen) atoms. The molecule has 0 aliphatic carbocycles. The van der Waals surface area contributed by atoms with Crippen LogP contribution in [0.4, 0.5) is 13.2 Å². The molecule has 1 aromatic carbocycles. The molecule has 0 spiro atoms. The van der Waals surface area contributed by atoms with Gasteiger partial charge in [0.25, 0.3) is 0 Å². The number of hydrogen-bond acceptors (Lipinski definition) is 4. The van der Waals surface area contributed by atoms with E-state index in [-0.39, 0.29) is 31.4 Å². The molecule has 0 bridgehead atoms. The van der Waals surface area contributed by atoms with Crippen molar-refractivity contribution >= 4 is 16.0 Å². The number of unbranched alkanes of at least 4 members (excludes halogenated alkanes) is 1. The average molecular weight is 397 g/mol. The molecule has 0 saturated heterocycles. The fourth-order valence-corrected chi connectivity index (χ4v) is 3.72. The van der Waals surface area contributed by atoms with Gasteiger partial charge in [-0.25, -0.2) is 8.42 Å². The van der Waals surface area contributed by atoms with Gasteiger partial charge >= 0.3 is 12.1 Å². The van der Waals surface area contributed by atoms with Gasteiger partial charge in [0, 0.05) is 20.0 Å². The highest BCUT2D eigenvalue weighted by Gasteiger charge is 2.33. The summed E-state index contributed by atoms with van der Waals surface area (Å²) in [5.74, 6) is -1.00. The van der Waals surface area contributed by atoms with Crippen molar-refractivity contribution in [2.75, 3.05) is 13.6 Å². The van der Waals surface area contributed by atoms with Gasteiger partial charge in [-0.2, -0.15) is 17.5 Å². The van der Waals surface area contributed by atoms with E-state index in [0.717, 1.165) is 16.4 Å². The third kappa shape index (κ3) is 6.58. The normalized spacial score (nSPS) is 13.8. The Morgan fingerprint density at radius 2 is 1.85 bits per heavy atom. The lowest BCUT2D eigenvalue weighted by molar-refractivity contribution is -0.138. The highest BCUT2D eigenvalue weighted by atomic mass is 32.2. The summed E-state index contributed by atoms with van der Waals surface area (Å²) in [6.07, 6.45) is -5.09. The first-order chi connectivity index (χ1) is 11.8. The molecule has 6 nitrogen and oxygen atoms in total. The van der Waals surface area contributed by atoms with E-state index in [9.17, 15) is 31.5 Å². The number of carboxylic acids is 1. The van der Waals surface area contributed by atoms with Gasteiger partial charge in [-0.15, -0.1) is 0 Å². The van der Waals surface area contributed by atoms with Crippen LogP contribution in [-0.4, -0.2) is 48.6 Å². The van der Waals surface area contributed by atoms with Crippen LogP contribution in [0.15, 0.2) is 23.1 Å². The number of carbonyl (C=O) groups is 1. The Morgan fingerprint density at radius 1 is 1.23 bits per heavy atom. The van der Waals surface area contributed by atoms with Gasteiger partial charge < -0.3 is 10.2 Å². The van der Waals surface area contributed by atoms with Gasteiger partial charge in [0.15, 0.2) is 0 Å². The Kier molecular flexibility index (Phi) is 7.60. The van der Waals surface area contributed by atoms with E-state index in [2.05, 4.69) is 0 Å². The molecule has 0 saturated carbocycles. The van der Waals surface area contributed by atoms with Crippen molar-refractivity contribution in [2.45, 2.75) is 49.8 Å². The third-order valence-electron chi connectivity index (χ3n) is 3.63. The van der Waals surface area contributed by atoms with E-state index in [1.165, 1.54) is 14.0 Å². The average Bonchev–Trinajstić information content (AvgIpc) is 2.49. The van der Waals surface area contributed by atoms with Crippen LogP contribution >= 0.6 is 0 Å². The lowest BCUT2D eigenvalue weighted by Crippen LogP contribution is -2.33. The minimum Gasteiger partial charge on any atom is -0.481 e. The maximum Gasteiger partial charge on any atom is 0.416 e. The molecule has 0 heterocycles. The Balaban J connectivity index is 3.18. The monoisotopic (exact) mass is 397 g/mol. The molecule has 10 heteroatoms. The van der Waals surface area contributed by atoms with E-state index in [1.54, 1.807) is 0 Å². The number of alkyl halides is 3. The number of benzene rings is 1. The van der Waals surface area contributed by atoms with Crippen LogP contribution in [0.25, 0.3) is 0 Å². The van der Waals surface area contributed by atoms with Crippen LogP contribution in [0.1, 0.15) is 37.3 Å². The predicted molar refractivity (Wildman–Crippen MR) is 88.1 cm³/mol. The van der Waals surface area contributed by atoms with Gasteiger partial charge in [-0.1, -0.05) is 0 Å². The summed E-state index contributed by atoms with van der Waals surface area (Å²) in [6, 6.07) is 2.59. The quantitative estimate of drug-likeness (QED) is 0.625. The summed E-state index contributed by atoms with van der Waals surface area (Å²) in [7, 11) is -3.03. The van der Waals surface area contributed by atoms with Crippen LogP contribution in [0.3, 0.4) is 0 Å². The van der Waals surface area contributed by atoms with Crippen molar-refractivity contribution in [3.8, 4) is 0 Å². The number of halogens is 3. The van der Waals surface area contributed by atoms with Crippen LogP contribution in [0.5, 0.6) is 0 Å². The number of likely N-dealkylation sites (N-methyl/N-ethyl adjacent to an activating group) is 1. The molecular formula is C16H22F3NO5S. The number of nitrogens with zero attached hydrogens (tertiary/aromatic N) is 1. The number of aliphatic hydroxyl groups is 1. The number of sulfonamides is 1. The lowest BCUT2D eigenvalue weighted by Gasteiger charge is -2.20. The highest BCUT2D eigenvalue weighted by molar-refractivity contribution is 7.89. The molecule has 0 unspecified atom stereocenters. The van der Waals surface area contributed by atoms with Crippen LogP contribution < -0.4 is 0 Å². The summed E-state index contributed by atoms with van der Waals surface area (Å²) >= 11 is 0. The van der Waals surface area contributed by atoms with Crippen molar-refractivity contribution in [3.05, 3.63) is 29.3 Å². The summed E-state index contributed by atoms with van der Waals surface area (Å²) in [5.41, 5.74) is -0.925. The second-order valence-corrected chi connectivity index (χ2v) is 8.14. The molecule has 0 aliphatic heterocycles. The van der Waals surface area contributed by atoms with Crippen molar-refractivity contribution in [1.82, 2.24) is 4.31 Å². The molecule has 0 aliphatic rings. The fraction of sp³-hybridized carbons (Fsp3) is 0.562. The molecule has 148 valence electrons. The minimum atomic E-state index is -4.72. The van der Waals surface area contributed by atoms with Crippen molar-refractivity contribution in [2.24, 2.45) is 0 Å². The molecule has 0 aromatic heterocycles. The predicted octanol–water partition coefficient (Wildman–Crippen LogP) is 2.50. The van der Waals surface area contributed by atoms with E-state index < -0.39 is 38.7 Å². The molecular weight excluding hydrogens is 375 g/mol. The zero-order valence-electron chi connectivity index (χ0n) is 14.5. The minimum absolute atomic E-state index is 0.110. The summed E-state index contributed by atoms with van der Waals surface area (Å²) in [5, 5.41) is 17.9. The Bertz CT molecular complexity index is 732. The zero-order chi connectivity index (χ0) is 20.1.